The summed E-state index contributed by atoms with van der Waals surface area (Å²) in [5.74, 6) is -1.98. The molecule has 0 saturated carbocycles. The Morgan fingerprint density at radius 1 is 1.06 bits per heavy atom. The Morgan fingerprint density at radius 3 is 2.29 bits per heavy atom. The molecule has 1 heterocycles. The molecule has 0 unspecified atom stereocenters. The zero-order valence-electron chi connectivity index (χ0n) is 18.1. The number of rotatable bonds is 9. The number of Topliss-reactive ketones (excluding diaryl/α,β-unsaturated/α-hetero) is 1. The van der Waals surface area contributed by atoms with Gasteiger partial charge in [0, 0.05) is 5.69 Å². The molecule has 2 aromatic rings. The monoisotopic (exact) mass is 450 g/mol. The molecule has 0 aliphatic rings. The van der Waals surface area contributed by atoms with E-state index < -0.39 is 40.9 Å². The third-order valence-corrected chi connectivity index (χ3v) is 5.74. The van der Waals surface area contributed by atoms with E-state index in [-0.39, 0.29) is 17.9 Å². The van der Waals surface area contributed by atoms with E-state index in [1.54, 1.807) is 52.0 Å². The van der Waals surface area contributed by atoms with Gasteiger partial charge in [0.05, 0.1) is 29.8 Å². The number of aryl methyl sites for hydroxylation is 2. The first-order valence-corrected chi connectivity index (χ1v) is 11.4. The van der Waals surface area contributed by atoms with Gasteiger partial charge in [-0.3, -0.25) is 13.9 Å². The molecule has 0 saturated heterocycles. The van der Waals surface area contributed by atoms with Crippen LogP contribution in [0.4, 0.5) is 5.69 Å². The summed E-state index contributed by atoms with van der Waals surface area (Å²) in [6.07, 6.45) is 0.986. The van der Waals surface area contributed by atoms with Crippen LogP contribution in [0.5, 0.6) is 0 Å². The largest absolute Gasteiger partial charge is 0.462 e. The van der Waals surface area contributed by atoms with Crippen molar-refractivity contribution in [3.63, 3.8) is 0 Å². The summed E-state index contributed by atoms with van der Waals surface area (Å²) in [4.78, 5) is 39.7. The summed E-state index contributed by atoms with van der Waals surface area (Å²) in [5, 5.41) is 0. The van der Waals surface area contributed by atoms with Crippen LogP contribution < -0.4 is 4.31 Å². The second-order valence-electron chi connectivity index (χ2n) is 6.99. The molecule has 1 aromatic carbocycles. The highest BCUT2D eigenvalue weighted by atomic mass is 32.2. The number of esters is 2. The number of nitrogens with one attached hydrogen (secondary N) is 1. The molecule has 31 heavy (non-hydrogen) atoms. The average Bonchev–Trinajstić information content (AvgIpc) is 2.98. The summed E-state index contributed by atoms with van der Waals surface area (Å²) in [7, 11) is -3.76. The zero-order chi connectivity index (χ0) is 23.3. The molecule has 0 fully saturated rings. The van der Waals surface area contributed by atoms with Gasteiger partial charge >= 0.3 is 11.9 Å². The van der Waals surface area contributed by atoms with E-state index in [0.29, 0.717) is 22.5 Å². The van der Waals surface area contributed by atoms with E-state index in [1.807, 2.05) is 0 Å². The molecule has 0 aliphatic heterocycles. The first kappa shape index (κ1) is 24.1. The Morgan fingerprint density at radius 2 is 1.71 bits per heavy atom. The van der Waals surface area contributed by atoms with Gasteiger partial charge in [-0.2, -0.15) is 0 Å². The summed E-state index contributed by atoms with van der Waals surface area (Å²) >= 11 is 0. The van der Waals surface area contributed by atoms with Crippen molar-refractivity contribution in [3.8, 4) is 0 Å². The minimum Gasteiger partial charge on any atom is -0.462 e. The summed E-state index contributed by atoms with van der Waals surface area (Å²) in [6, 6.07) is 6.71. The molecule has 10 heteroatoms. The molecule has 0 aliphatic carbocycles. The van der Waals surface area contributed by atoms with Crippen molar-refractivity contribution in [2.24, 2.45) is 0 Å². The number of carbonyl (C=O) groups is 3. The molecule has 0 atom stereocenters. The maximum atomic E-state index is 12.5. The van der Waals surface area contributed by atoms with Crippen molar-refractivity contribution in [3.05, 3.63) is 52.3 Å². The van der Waals surface area contributed by atoms with Gasteiger partial charge in [0.1, 0.15) is 6.54 Å². The lowest BCUT2D eigenvalue weighted by Gasteiger charge is -2.23. The van der Waals surface area contributed by atoms with E-state index in [4.69, 9.17) is 9.47 Å². The number of aromatic nitrogens is 1. The van der Waals surface area contributed by atoms with Crippen LogP contribution in [0.1, 0.15) is 44.6 Å². The van der Waals surface area contributed by atoms with Crippen molar-refractivity contribution in [2.45, 2.75) is 27.7 Å². The molecule has 168 valence electrons. The number of sulfonamides is 1. The van der Waals surface area contributed by atoms with Gasteiger partial charge in [-0.15, -0.1) is 0 Å². The number of para-hydroxylation sites is 1. The molecule has 0 radical (unpaired) electrons. The van der Waals surface area contributed by atoms with E-state index in [1.165, 1.54) is 0 Å². The topological polar surface area (TPSA) is 123 Å². The number of H-pyrrole nitrogens is 1. The van der Waals surface area contributed by atoms with E-state index in [9.17, 15) is 22.8 Å². The van der Waals surface area contributed by atoms with Gasteiger partial charge in [0.2, 0.25) is 15.8 Å². The van der Waals surface area contributed by atoms with Gasteiger partial charge in [-0.25, -0.2) is 13.2 Å². The molecule has 0 amide bonds. The van der Waals surface area contributed by atoms with Gasteiger partial charge in [-0.05, 0) is 44.9 Å². The van der Waals surface area contributed by atoms with Crippen LogP contribution >= 0.6 is 0 Å². The van der Waals surface area contributed by atoms with Gasteiger partial charge < -0.3 is 14.5 Å². The molecule has 0 spiro atoms. The molecule has 0 bridgehead atoms. The number of ether oxygens (including phenoxy) is 2. The number of carbonyl (C=O) groups excluding carboxylic acids is 3. The predicted molar refractivity (Wildman–Crippen MR) is 115 cm³/mol. The van der Waals surface area contributed by atoms with Crippen molar-refractivity contribution in [2.75, 3.05) is 30.3 Å². The average molecular weight is 451 g/mol. The highest BCUT2D eigenvalue weighted by Crippen LogP contribution is 2.22. The Balaban J connectivity index is 2.12. The predicted octanol–water partition coefficient (Wildman–Crippen LogP) is 2.31. The zero-order valence-corrected chi connectivity index (χ0v) is 19.0. The molecule has 2 rings (SSSR count). The smallest absolute Gasteiger partial charge is 0.340 e. The maximum Gasteiger partial charge on any atom is 0.340 e. The van der Waals surface area contributed by atoms with Crippen LogP contribution in [0.3, 0.4) is 0 Å². The lowest BCUT2D eigenvalue weighted by atomic mass is 10.1. The van der Waals surface area contributed by atoms with Gasteiger partial charge in [0.15, 0.2) is 6.61 Å². The normalized spacial score (nSPS) is 11.1. The molecular formula is C21H26N2O7S. The quantitative estimate of drug-likeness (QED) is 0.459. The Bertz CT molecular complexity index is 1100. The Hall–Kier alpha value is -3.14. The fraction of sp³-hybridized carbons (Fsp3) is 0.381. The maximum absolute atomic E-state index is 12.5. The SMILES string of the molecule is CCOC(=O)c1c(C)[nH]c(C(=O)COC(=O)CN(c2ccccc2C)S(C)(=O)=O)c1C. The number of hydrogen-bond acceptors (Lipinski definition) is 7. The third-order valence-electron chi connectivity index (χ3n) is 4.62. The summed E-state index contributed by atoms with van der Waals surface area (Å²) < 4.78 is 35.3. The minimum atomic E-state index is -3.76. The second kappa shape index (κ2) is 9.78. The minimum absolute atomic E-state index is 0.132. The molecular weight excluding hydrogens is 424 g/mol. The fourth-order valence-corrected chi connectivity index (χ4v) is 4.05. The van der Waals surface area contributed by atoms with Crippen molar-refractivity contribution < 1.29 is 32.3 Å². The molecule has 9 nitrogen and oxygen atoms in total. The lowest BCUT2D eigenvalue weighted by molar-refractivity contribution is -0.140. The van der Waals surface area contributed by atoms with E-state index in [0.717, 1.165) is 10.6 Å². The van der Waals surface area contributed by atoms with Crippen LogP contribution in [-0.4, -0.2) is 57.1 Å². The number of nitrogens with zero attached hydrogens (tertiary/aromatic N) is 1. The van der Waals surface area contributed by atoms with Crippen LogP contribution in [0.2, 0.25) is 0 Å². The number of benzene rings is 1. The molecule has 1 aromatic heterocycles. The lowest BCUT2D eigenvalue weighted by Crippen LogP contribution is -2.36. The third kappa shape index (κ3) is 5.72. The van der Waals surface area contributed by atoms with E-state index >= 15 is 0 Å². The highest BCUT2D eigenvalue weighted by molar-refractivity contribution is 7.92. The fourth-order valence-electron chi connectivity index (χ4n) is 3.14. The molecule has 1 N–H and O–H groups in total. The van der Waals surface area contributed by atoms with Crippen molar-refractivity contribution >= 4 is 33.4 Å². The number of anilines is 1. The van der Waals surface area contributed by atoms with Gasteiger partial charge in [0.25, 0.3) is 0 Å². The summed E-state index contributed by atoms with van der Waals surface area (Å²) in [6.45, 7) is 5.64. The van der Waals surface area contributed by atoms with Gasteiger partial charge in [-0.1, -0.05) is 18.2 Å². The Kier molecular flexibility index (Phi) is 7.61. The van der Waals surface area contributed by atoms with E-state index in [2.05, 4.69) is 4.98 Å². The second-order valence-corrected chi connectivity index (χ2v) is 8.89. The number of hydrogen-bond donors (Lipinski definition) is 1. The standard InChI is InChI=1S/C21H26N2O7S/c1-6-29-21(26)19-14(3)20(22-15(19)4)17(24)12-30-18(25)11-23(31(5,27)28)16-10-8-7-9-13(16)2/h7-10,22H,6,11-12H2,1-5H3. The van der Waals surface area contributed by atoms with Crippen LogP contribution in [0.25, 0.3) is 0 Å². The van der Waals surface area contributed by atoms with Crippen LogP contribution in [0.15, 0.2) is 24.3 Å². The Labute approximate surface area is 181 Å². The number of aromatic amines is 1. The number of ketones is 1. The summed E-state index contributed by atoms with van der Waals surface area (Å²) in [5.41, 5.74) is 2.28. The highest BCUT2D eigenvalue weighted by Gasteiger charge is 2.26. The van der Waals surface area contributed by atoms with Crippen molar-refractivity contribution in [1.82, 2.24) is 4.98 Å². The van der Waals surface area contributed by atoms with Crippen molar-refractivity contribution in [1.29, 1.82) is 0 Å². The van der Waals surface area contributed by atoms with Crippen LogP contribution in [-0.2, 0) is 24.3 Å². The first-order chi connectivity index (χ1) is 14.5. The van der Waals surface area contributed by atoms with Crippen LogP contribution in [0, 0.1) is 20.8 Å². The first-order valence-electron chi connectivity index (χ1n) is 9.55.